The van der Waals surface area contributed by atoms with Crippen molar-refractivity contribution in [1.29, 1.82) is 0 Å². The van der Waals surface area contributed by atoms with E-state index in [0.717, 1.165) is 0 Å². The van der Waals surface area contributed by atoms with Gasteiger partial charge in [0, 0.05) is 6.42 Å². The highest BCUT2D eigenvalue weighted by Crippen LogP contribution is 1.97. The van der Waals surface area contributed by atoms with E-state index >= 15 is 0 Å². The lowest BCUT2D eigenvalue weighted by molar-refractivity contribution is -0.105. The Kier molecular flexibility index (Phi) is 3.12. The van der Waals surface area contributed by atoms with Gasteiger partial charge in [-0.2, -0.15) is 0 Å². The van der Waals surface area contributed by atoms with Crippen molar-refractivity contribution in [3.63, 3.8) is 0 Å². The summed E-state index contributed by atoms with van der Waals surface area (Å²) in [7, 11) is 0. The maximum absolute atomic E-state index is 9.83. The summed E-state index contributed by atoms with van der Waals surface area (Å²) < 4.78 is 0. The van der Waals surface area contributed by atoms with Crippen LogP contribution in [-0.2, 0) is 4.79 Å². The van der Waals surface area contributed by atoms with Crippen LogP contribution in [0.4, 0.5) is 0 Å². The van der Waals surface area contributed by atoms with Gasteiger partial charge in [0.15, 0.2) is 0 Å². The second-order valence-corrected chi connectivity index (χ2v) is 1.83. The van der Waals surface area contributed by atoms with Gasteiger partial charge in [-0.1, -0.05) is 6.58 Å². The van der Waals surface area contributed by atoms with Crippen LogP contribution in [0.3, 0.4) is 0 Å². The number of hydrogen-bond acceptors (Lipinski definition) is 2. The summed E-state index contributed by atoms with van der Waals surface area (Å²) in [5.41, 5.74) is 0.444. The highest BCUT2D eigenvalue weighted by atomic mass is 16.3. The van der Waals surface area contributed by atoms with Gasteiger partial charge in [-0.25, -0.2) is 0 Å². The Morgan fingerprint density at radius 1 is 2.00 bits per heavy atom. The summed E-state index contributed by atoms with van der Waals surface area (Å²) in [6.07, 6.45) is 0.587. The molecule has 0 fully saturated rings. The summed E-state index contributed by atoms with van der Waals surface area (Å²) in [5, 5.41) is 8.63. The molecular formula is C6H10O2. The van der Waals surface area contributed by atoms with E-state index < -0.39 is 6.10 Å². The molecule has 0 heterocycles. The second kappa shape index (κ2) is 3.38. The summed E-state index contributed by atoms with van der Waals surface area (Å²) in [6.45, 7) is 5.00. The molecule has 0 aromatic rings. The van der Waals surface area contributed by atoms with Crippen molar-refractivity contribution < 1.29 is 9.90 Å². The first-order valence-electron chi connectivity index (χ1n) is 2.48. The van der Waals surface area contributed by atoms with Crippen LogP contribution in [0.25, 0.3) is 0 Å². The molecule has 0 amide bonds. The fourth-order valence-corrected chi connectivity index (χ4v) is 0.428. The molecule has 8 heavy (non-hydrogen) atoms. The number of carbonyl (C=O) groups is 1. The summed E-state index contributed by atoms with van der Waals surface area (Å²) in [4.78, 5) is 9.83. The highest BCUT2D eigenvalue weighted by Gasteiger charge is 1.96. The van der Waals surface area contributed by atoms with Gasteiger partial charge in [-0.05, 0) is 12.5 Å². The van der Waals surface area contributed by atoms with Crippen LogP contribution < -0.4 is 0 Å². The summed E-state index contributed by atoms with van der Waals surface area (Å²) in [6, 6.07) is 0. The molecule has 0 aliphatic heterocycles. The quantitative estimate of drug-likeness (QED) is 0.429. The van der Waals surface area contributed by atoms with Gasteiger partial charge in [-0.15, -0.1) is 0 Å². The van der Waals surface area contributed by atoms with Gasteiger partial charge in [0.25, 0.3) is 0 Å². The summed E-state index contributed by atoms with van der Waals surface area (Å²) in [5.74, 6) is 0. The predicted molar refractivity (Wildman–Crippen MR) is 31.5 cm³/mol. The standard InChI is InChI=1S/C6H10O2/c1-5(4-7)3-6(2)8/h4,6,8H,1,3H2,2H3. The third-order valence-electron chi connectivity index (χ3n) is 0.724. The fourth-order valence-electron chi connectivity index (χ4n) is 0.428. The lowest BCUT2D eigenvalue weighted by atomic mass is 10.2. The topological polar surface area (TPSA) is 37.3 Å². The third-order valence-corrected chi connectivity index (χ3v) is 0.724. The van der Waals surface area contributed by atoms with Crippen molar-refractivity contribution in [3.8, 4) is 0 Å². The fraction of sp³-hybridized carbons (Fsp3) is 0.500. The van der Waals surface area contributed by atoms with E-state index in [-0.39, 0.29) is 0 Å². The first-order chi connectivity index (χ1) is 3.66. The van der Waals surface area contributed by atoms with Gasteiger partial charge in [0.05, 0.1) is 6.10 Å². The molecule has 2 nitrogen and oxygen atoms in total. The SMILES string of the molecule is C=C(C=O)CC(C)O. The van der Waals surface area contributed by atoms with Crippen LogP contribution >= 0.6 is 0 Å². The van der Waals surface area contributed by atoms with Crippen molar-refractivity contribution in [3.05, 3.63) is 12.2 Å². The van der Waals surface area contributed by atoms with E-state index in [1.807, 2.05) is 0 Å². The Hall–Kier alpha value is -0.630. The molecule has 0 aromatic carbocycles. The number of aliphatic hydroxyl groups excluding tert-OH is 1. The van der Waals surface area contributed by atoms with E-state index in [1.54, 1.807) is 6.92 Å². The Morgan fingerprint density at radius 3 is 2.62 bits per heavy atom. The van der Waals surface area contributed by atoms with Gasteiger partial charge in [0.1, 0.15) is 6.29 Å². The summed E-state index contributed by atoms with van der Waals surface area (Å²) >= 11 is 0. The van der Waals surface area contributed by atoms with Crippen LogP contribution in [0.5, 0.6) is 0 Å². The van der Waals surface area contributed by atoms with Crippen LogP contribution in [0.1, 0.15) is 13.3 Å². The zero-order chi connectivity index (χ0) is 6.57. The minimum atomic E-state index is -0.451. The molecule has 0 aromatic heterocycles. The molecule has 1 N–H and O–H groups in total. The van der Waals surface area contributed by atoms with E-state index in [4.69, 9.17) is 5.11 Å². The average molecular weight is 114 g/mol. The lowest BCUT2D eigenvalue weighted by Gasteiger charge is -1.98. The average Bonchev–Trinajstić information content (AvgIpc) is 1.65. The Balaban J connectivity index is 3.39. The maximum Gasteiger partial charge on any atom is 0.145 e. The van der Waals surface area contributed by atoms with Crippen LogP contribution in [0, 0.1) is 0 Å². The van der Waals surface area contributed by atoms with Crippen molar-refractivity contribution in [2.24, 2.45) is 0 Å². The van der Waals surface area contributed by atoms with Crippen LogP contribution in [0.15, 0.2) is 12.2 Å². The molecule has 0 rings (SSSR count). The van der Waals surface area contributed by atoms with Gasteiger partial charge >= 0.3 is 0 Å². The number of carbonyl (C=O) groups excluding carboxylic acids is 1. The minimum absolute atomic E-state index is 0.378. The molecular weight excluding hydrogens is 104 g/mol. The highest BCUT2D eigenvalue weighted by molar-refractivity contribution is 5.71. The molecule has 0 aliphatic rings. The molecule has 0 aliphatic carbocycles. The smallest absolute Gasteiger partial charge is 0.145 e. The van der Waals surface area contributed by atoms with Crippen molar-refractivity contribution in [2.45, 2.75) is 19.4 Å². The van der Waals surface area contributed by atoms with E-state index in [1.165, 1.54) is 0 Å². The molecule has 0 saturated carbocycles. The first kappa shape index (κ1) is 7.37. The normalized spacial score (nSPS) is 12.8. The Bertz CT molecular complexity index is 94.7. The molecule has 1 unspecified atom stereocenters. The lowest BCUT2D eigenvalue weighted by Crippen LogP contribution is -2.00. The molecule has 0 spiro atoms. The van der Waals surface area contributed by atoms with Crippen molar-refractivity contribution >= 4 is 6.29 Å². The van der Waals surface area contributed by atoms with Crippen LogP contribution in [0.2, 0.25) is 0 Å². The first-order valence-corrected chi connectivity index (χ1v) is 2.48. The third kappa shape index (κ3) is 3.56. The molecule has 46 valence electrons. The van der Waals surface area contributed by atoms with E-state index in [9.17, 15) is 4.79 Å². The zero-order valence-corrected chi connectivity index (χ0v) is 4.92. The van der Waals surface area contributed by atoms with Crippen LogP contribution in [-0.4, -0.2) is 17.5 Å². The van der Waals surface area contributed by atoms with Gasteiger partial charge < -0.3 is 5.11 Å². The molecule has 0 radical (unpaired) electrons. The minimum Gasteiger partial charge on any atom is -0.393 e. The molecule has 2 heteroatoms. The number of rotatable bonds is 3. The largest absolute Gasteiger partial charge is 0.393 e. The maximum atomic E-state index is 9.83. The molecule has 0 bridgehead atoms. The number of aliphatic hydroxyl groups is 1. The number of aldehydes is 1. The second-order valence-electron chi connectivity index (χ2n) is 1.83. The van der Waals surface area contributed by atoms with Gasteiger partial charge in [-0.3, -0.25) is 4.79 Å². The number of hydrogen-bond donors (Lipinski definition) is 1. The molecule has 0 saturated heterocycles. The van der Waals surface area contributed by atoms with Crippen molar-refractivity contribution in [2.75, 3.05) is 0 Å². The zero-order valence-electron chi connectivity index (χ0n) is 4.92. The Morgan fingerprint density at radius 2 is 2.50 bits per heavy atom. The van der Waals surface area contributed by atoms with Crippen molar-refractivity contribution in [1.82, 2.24) is 0 Å². The van der Waals surface area contributed by atoms with E-state index in [2.05, 4.69) is 6.58 Å². The van der Waals surface area contributed by atoms with E-state index in [0.29, 0.717) is 18.3 Å². The predicted octanol–water partition coefficient (Wildman–Crippen LogP) is 0.512. The van der Waals surface area contributed by atoms with Gasteiger partial charge in [0.2, 0.25) is 0 Å². The monoisotopic (exact) mass is 114 g/mol. The Labute approximate surface area is 48.8 Å². The molecule has 1 atom stereocenters.